The summed E-state index contributed by atoms with van der Waals surface area (Å²) < 4.78 is 0. The van der Waals surface area contributed by atoms with Crippen LogP contribution in [0.1, 0.15) is 12.8 Å². The second-order valence-corrected chi connectivity index (χ2v) is 2.73. The Labute approximate surface area is 70.5 Å². The molecule has 66 valence electrons. The Balaban J connectivity index is 2.69. The predicted molar refractivity (Wildman–Crippen MR) is 42.6 cm³/mol. The Bertz CT molecular complexity index is 224. The van der Waals surface area contributed by atoms with E-state index in [1.54, 1.807) is 6.08 Å². The minimum atomic E-state index is -0.928. The molecule has 1 N–H and O–H groups in total. The topological polar surface area (TPSA) is 57.6 Å². The van der Waals surface area contributed by atoms with E-state index < -0.39 is 12.0 Å². The van der Waals surface area contributed by atoms with Crippen molar-refractivity contribution in [3.05, 3.63) is 12.7 Å². The highest BCUT2D eigenvalue weighted by Gasteiger charge is 2.34. The largest absolute Gasteiger partial charge is 0.480 e. The molecule has 1 aliphatic rings. The standard InChI is InChI=1S/C8H11NO3/c1-2-5-9-6(8(11)12)3-4-7(9)10/h2,6H,1,3-5H2,(H,11,12)/t6-/m0/s1. The lowest BCUT2D eigenvalue weighted by atomic mass is 10.2. The molecule has 1 saturated heterocycles. The number of amides is 1. The van der Waals surface area contributed by atoms with Crippen molar-refractivity contribution >= 4 is 11.9 Å². The van der Waals surface area contributed by atoms with Crippen molar-refractivity contribution < 1.29 is 14.7 Å². The number of carbonyl (C=O) groups excluding carboxylic acids is 1. The highest BCUT2D eigenvalue weighted by molar-refractivity contribution is 5.87. The van der Waals surface area contributed by atoms with E-state index in [1.165, 1.54) is 4.90 Å². The number of rotatable bonds is 3. The molecule has 0 aromatic heterocycles. The van der Waals surface area contributed by atoms with Gasteiger partial charge in [0.1, 0.15) is 6.04 Å². The lowest BCUT2D eigenvalue weighted by Gasteiger charge is -2.19. The number of hydrogen-bond acceptors (Lipinski definition) is 2. The van der Waals surface area contributed by atoms with Gasteiger partial charge in [-0.05, 0) is 6.42 Å². The average molecular weight is 169 g/mol. The van der Waals surface area contributed by atoms with Crippen molar-refractivity contribution in [2.24, 2.45) is 0 Å². The van der Waals surface area contributed by atoms with Gasteiger partial charge in [-0.25, -0.2) is 4.79 Å². The molecule has 1 fully saturated rings. The molecule has 1 aliphatic heterocycles. The van der Waals surface area contributed by atoms with E-state index in [1.807, 2.05) is 0 Å². The summed E-state index contributed by atoms with van der Waals surface area (Å²) in [6, 6.07) is -0.643. The summed E-state index contributed by atoms with van der Waals surface area (Å²) in [7, 11) is 0. The maximum atomic E-state index is 11.1. The van der Waals surface area contributed by atoms with Crippen LogP contribution in [0.4, 0.5) is 0 Å². The van der Waals surface area contributed by atoms with Crippen LogP contribution in [0.25, 0.3) is 0 Å². The molecule has 0 radical (unpaired) electrons. The van der Waals surface area contributed by atoms with Crippen LogP contribution in [-0.2, 0) is 9.59 Å². The lowest BCUT2D eigenvalue weighted by Crippen LogP contribution is -2.38. The van der Waals surface area contributed by atoms with Gasteiger partial charge in [-0.3, -0.25) is 4.79 Å². The molecule has 0 saturated carbocycles. The Hall–Kier alpha value is -1.32. The lowest BCUT2D eigenvalue weighted by molar-refractivity contribution is -0.145. The van der Waals surface area contributed by atoms with Gasteiger partial charge in [-0.15, -0.1) is 6.58 Å². The summed E-state index contributed by atoms with van der Waals surface area (Å²) in [5.74, 6) is -1.02. The number of carboxylic acid groups (broad SMARTS) is 1. The summed E-state index contributed by atoms with van der Waals surface area (Å²) in [5.41, 5.74) is 0. The number of nitrogens with zero attached hydrogens (tertiary/aromatic N) is 1. The van der Waals surface area contributed by atoms with Gasteiger partial charge in [0.25, 0.3) is 0 Å². The van der Waals surface area contributed by atoms with Crippen LogP contribution in [0.2, 0.25) is 0 Å². The molecule has 0 bridgehead atoms. The van der Waals surface area contributed by atoms with E-state index in [9.17, 15) is 9.59 Å². The number of hydrogen-bond donors (Lipinski definition) is 1. The highest BCUT2D eigenvalue weighted by atomic mass is 16.4. The third-order valence-corrected chi connectivity index (χ3v) is 1.94. The van der Waals surface area contributed by atoms with Crippen molar-refractivity contribution in [1.82, 2.24) is 4.90 Å². The van der Waals surface area contributed by atoms with Crippen molar-refractivity contribution in [2.75, 3.05) is 6.54 Å². The molecule has 0 spiro atoms. The molecular weight excluding hydrogens is 158 g/mol. The Morgan fingerprint density at radius 2 is 2.50 bits per heavy atom. The van der Waals surface area contributed by atoms with E-state index in [2.05, 4.69) is 6.58 Å². The first-order valence-corrected chi connectivity index (χ1v) is 3.80. The van der Waals surface area contributed by atoms with Crippen LogP contribution < -0.4 is 0 Å². The molecule has 0 aliphatic carbocycles. The molecule has 1 atom stereocenters. The van der Waals surface area contributed by atoms with Gasteiger partial charge < -0.3 is 10.0 Å². The van der Waals surface area contributed by atoms with E-state index >= 15 is 0 Å². The molecule has 1 amide bonds. The smallest absolute Gasteiger partial charge is 0.326 e. The normalized spacial score (nSPS) is 22.8. The maximum absolute atomic E-state index is 11.1. The molecule has 0 unspecified atom stereocenters. The van der Waals surface area contributed by atoms with Gasteiger partial charge >= 0.3 is 5.97 Å². The van der Waals surface area contributed by atoms with Crippen molar-refractivity contribution in [3.8, 4) is 0 Å². The predicted octanol–water partition coefficient (Wildman–Crippen LogP) is 0.248. The van der Waals surface area contributed by atoms with E-state index in [0.717, 1.165) is 0 Å². The first-order valence-electron chi connectivity index (χ1n) is 3.80. The fourth-order valence-electron chi connectivity index (χ4n) is 1.36. The van der Waals surface area contributed by atoms with Crippen molar-refractivity contribution in [2.45, 2.75) is 18.9 Å². The number of carbonyl (C=O) groups is 2. The van der Waals surface area contributed by atoms with Crippen molar-refractivity contribution in [1.29, 1.82) is 0 Å². The van der Waals surface area contributed by atoms with Gasteiger partial charge in [0, 0.05) is 13.0 Å². The summed E-state index contributed by atoms with van der Waals surface area (Å²) in [6.45, 7) is 3.79. The van der Waals surface area contributed by atoms with Crippen LogP contribution in [0.15, 0.2) is 12.7 Å². The third-order valence-electron chi connectivity index (χ3n) is 1.94. The number of carboxylic acids is 1. The van der Waals surface area contributed by atoms with E-state index in [0.29, 0.717) is 19.4 Å². The van der Waals surface area contributed by atoms with Gasteiger partial charge in [-0.1, -0.05) is 6.08 Å². The molecule has 4 heteroatoms. The van der Waals surface area contributed by atoms with E-state index in [-0.39, 0.29) is 5.91 Å². The first-order chi connectivity index (χ1) is 5.66. The monoisotopic (exact) mass is 169 g/mol. The molecule has 4 nitrogen and oxygen atoms in total. The fourth-order valence-corrected chi connectivity index (χ4v) is 1.36. The molecule has 0 aromatic rings. The molecule has 12 heavy (non-hydrogen) atoms. The second-order valence-electron chi connectivity index (χ2n) is 2.73. The molecule has 1 heterocycles. The van der Waals surface area contributed by atoms with Crippen LogP contribution in [0.5, 0.6) is 0 Å². The van der Waals surface area contributed by atoms with Crippen LogP contribution >= 0.6 is 0 Å². The summed E-state index contributed by atoms with van der Waals surface area (Å²) in [5, 5.41) is 8.70. The Morgan fingerprint density at radius 3 is 3.00 bits per heavy atom. The average Bonchev–Trinajstić information content (AvgIpc) is 2.34. The van der Waals surface area contributed by atoms with Crippen LogP contribution in [-0.4, -0.2) is 34.5 Å². The molecule has 0 aromatic carbocycles. The summed E-state index contributed by atoms with van der Waals surface area (Å²) >= 11 is 0. The highest BCUT2D eigenvalue weighted by Crippen LogP contribution is 2.18. The van der Waals surface area contributed by atoms with Crippen molar-refractivity contribution in [3.63, 3.8) is 0 Å². The molecular formula is C8H11NO3. The number of likely N-dealkylation sites (tertiary alicyclic amines) is 1. The maximum Gasteiger partial charge on any atom is 0.326 e. The van der Waals surface area contributed by atoms with E-state index in [4.69, 9.17) is 5.11 Å². The quantitative estimate of drug-likeness (QED) is 0.616. The van der Waals surface area contributed by atoms with Gasteiger partial charge in [0.2, 0.25) is 5.91 Å². The van der Waals surface area contributed by atoms with Gasteiger partial charge in [0.15, 0.2) is 0 Å². The second kappa shape index (κ2) is 3.38. The zero-order valence-electron chi connectivity index (χ0n) is 6.69. The zero-order chi connectivity index (χ0) is 9.14. The van der Waals surface area contributed by atoms with Gasteiger partial charge in [-0.2, -0.15) is 0 Å². The SMILES string of the molecule is C=CCN1C(=O)CC[C@H]1C(=O)O. The Morgan fingerprint density at radius 1 is 1.83 bits per heavy atom. The fraction of sp³-hybridized carbons (Fsp3) is 0.500. The summed E-state index contributed by atoms with van der Waals surface area (Å²) in [4.78, 5) is 23.0. The minimum Gasteiger partial charge on any atom is -0.480 e. The van der Waals surface area contributed by atoms with Crippen LogP contribution in [0.3, 0.4) is 0 Å². The third kappa shape index (κ3) is 1.47. The number of aliphatic carboxylic acids is 1. The molecule has 1 rings (SSSR count). The first kappa shape index (κ1) is 8.77. The Kier molecular flexibility index (Phi) is 2.47. The minimum absolute atomic E-state index is 0.0951. The zero-order valence-corrected chi connectivity index (χ0v) is 6.69. The van der Waals surface area contributed by atoms with Gasteiger partial charge in [0.05, 0.1) is 0 Å². The summed E-state index contributed by atoms with van der Waals surface area (Å²) in [6.07, 6.45) is 2.30. The van der Waals surface area contributed by atoms with Crippen LogP contribution in [0, 0.1) is 0 Å².